The molecule has 19 heavy (non-hydrogen) atoms. The molecule has 0 aliphatic heterocycles. The molecule has 2 atom stereocenters. The zero-order valence-electron chi connectivity index (χ0n) is 11.6. The molecule has 3 nitrogen and oxygen atoms in total. The lowest BCUT2D eigenvalue weighted by Crippen LogP contribution is -2.30. The fourth-order valence-electron chi connectivity index (χ4n) is 2.71. The number of nitrogens with two attached hydrogens (primary N) is 1. The van der Waals surface area contributed by atoms with Crippen molar-refractivity contribution in [3.8, 4) is 5.75 Å². The summed E-state index contributed by atoms with van der Waals surface area (Å²) < 4.78 is 12.7. The lowest BCUT2D eigenvalue weighted by Gasteiger charge is -2.30. The monoisotopic (exact) mass is 327 g/mol. The molecule has 0 saturated heterocycles. The van der Waals surface area contributed by atoms with Gasteiger partial charge in [-0.2, -0.15) is 0 Å². The van der Waals surface area contributed by atoms with E-state index in [1.807, 2.05) is 6.07 Å². The van der Waals surface area contributed by atoms with Crippen molar-refractivity contribution in [3.63, 3.8) is 0 Å². The number of aryl methyl sites for hydroxylation is 1. The van der Waals surface area contributed by atoms with E-state index >= 15 is 0 Å². The minimum Gasteiger partial charge on any atom is -0.490 e. The predicted octanol–water partition coefficient (Wildman–Crippen LogP) is 3.55. The van der Waals surface area contributed by atoms with Crippen LogP contribution >= 0.6 is 15.9 Å². The maximum absolute atomic E-state index is 6.21. The molecule has 0 aromatic heterocycles. The van der Waals surface area contributed by atoms with E-state index in [0.29, 0.717) is 12.6 Å². The lowest BCUT2D eigenvalue weighted by atomic mass is 9.94. The van der Waals surface area contributed by atoms with Crippen molar-refractivity contribution in [2.75, 3.05) is 7.11 Å². The highest BCUT2D eigenvalue weighted by Crippen LogP contribution is 2.32. The third-order valence-corrected chi connectivity index (χ3v) is 4.19. The van der Waals surface area contributed by atoms with Crippen molar-refractivity contribution < 1.29 is 9.47 Å². The molecule has 0 bridgehead atoms. The van der Waals surface area contributed by atoms with E-state index in [-0.39, 0.29) is 6.10 Å². The number of methoxy groups -OCH3 is 1. The Bertz CT molecular complexity index is 436. The van der Waals surface area contributed by atoms with Crippen LogP contribution in [-0.2, 0) is 11.3 Å². The number of halogens is 1. The van der Waals surface area contributed by atoms with Gasteiger partial charge in [-0.05, 0) is 43.9 Å². The summed E-state index contributed by atoms with van der Waals surface area (Å²) in [7, 11) is 1.78. The first-order valence-electron chi connectivity index (χ1n) is 6.82. The van der Waals surface area contributed by atoms with Gasteiger partial charge in [0.15, 0.2) is 0 Å². The Morgan fingerprint density at radius 1 is 1.32 bits per heavy atom. The quantitative estimate of drug-likeness (QED) is 0.919. The van der Waals surface area contributed by atoms with Crippen LogP contribution in [0.2, 0.25) is 0 Å². The summed E-state index contributed by atoms with van der Waals surface area (Å²) in [5, 5.41) is 0. The van der Waals surface area contributed by atoms with Gasteiger partial charge in [0, 0.05) is 30.1 Å². The summed E-state index contributed by atoms with van der Waals surface area (Å²) >= 11 is 3.50. The molecular formula is C15H22BrNO2. The van der Waals surface area contributed by atoms with E-state index in [2.05, 4.69) is 28.9 Å². The Kier molecular flexibility index (Phi) is 5.25. The van der Waals surface area contributed by atoms with Crippen molar-refractivity contribution in [1.82, 2.24) is 0 Å². The normalized spacial score (nSPS) is 23.4. The van der Waals surface area contributed by atoms with Crippen LogP contribution in [0.15, 0.2) is 16.6 Å². The summed E-state index contributed by atoms with van der Waals surface area (Å²) in [5.41, 5.74) is 8.02. The lowest BCUT2D eigenvalue weighted by molar-refractivity contribution is 0.0204. The summed E-state index contributed by atoms with van der Waals surface area (Å²) in [6.45, 7) is 2.56. The minimum atomic E-state index is 0.240. The topological polar surface area (TPSA) is 44.5 Å². The van der Waals surface area contributed by atoms with E-state index in [9.17, 15) is 0 Å². The summed E-state index contributed by atoms with van der Waals surface area (Å²) in [6.07, 6.45) is 4.94. The number of benzene rings is 1. The predicted molar refractivity (Wildman–Crippen MR) is 80.5 cm³/mol. The van der Waals surface area contributed by atoms with Crippen molar-refractivity contribution in [2.24, 2.45) is 5.73 Å². The van der Waals surface area contributed by atoms with Gasteiger partial charge in [-0.1, -0.05) is 15.9 Å². The van der Waals surface area contributed by atoms with Crippen LogP contribution in [0.3, 0.4) is 0 Å². The van der Waals surface area contributed by atoms with Gasteiger partial charge in [0.25, 0.3) is 0 Å². The summed E-state index contributed by atoms with van der Waals surface area (Å²) in [4.78, 5) is 0. The van der Waals surface area contributed by atoms with E-state index in [1.54, 1.807) is 7.11 Å². The Labute approximate surface area is 123 Å². The second-order valence-electron chi connectivity index (χ2n) is 5.18. The minimum absolute atomic E-state index is 0.240. The van der Waals surface area contributed by atoms with Gasteiger partial charge in [0.1, 0.15) is 11.9 Å². The fourth-order valence-corrected chi connectivity index (χ4v) is 3.33. The molecule has 0 amide bonds. The first-order valence-corrected chi connectivity index (χ1v) is 7.62. The van der Waals surface area contributed by atoms with Crippen LogP contribution in [0.25, 0.3) is 0 Å². The molecule has 1 aromatic rings. The summed E-state index contributed by atoms with van der Waals surface area (Å²) in [6, 6.07) is 4.12. The van der Waals surface area contributed by atoms with Gasteiger partial charge in [-0.25, -0.2) is 0 Å². The van der Waals surface area contributed by atoms with Crippen molar-refractivity contribution in [2.45, 2.75) is 51.4 Å². The first-order chi connectivity index (χ1) is 9.13. The largest absolute Gasteiger partial charge is 0.490 e. The Balaban J connectivity index is 2.14. The molecule has 2 rings (SSSR count). The number of hydrogen-bond donors (Lipinski definition) is 1. The van der Waals surface area contributed by atoms with Crippen LogP contribution in [-0.4, -0.2) is 19.3 Å². The van der Waals surface area contributed by atoms with Gasteiger partial charge < -0.3 is 15.2 Å². The molecule has 2 unspecified atom stereocenters. The van der Waals surface area contributed by atoms with Crippen LogP contribution in [0, 0.1) is 6.92 Å². The zero-order valence-corrected chi connectivity index (χ0v) is 13.2. The van der Waals surface area contributed by atoms with Gasteiger partial charge in [-0.3, -0.25) is 0 Å². The van der Waals surface area contributed by atoms with Gasteiger partial charge in [0.05, 0.1) is 6.10 Å². The molecule has 1 aliphatic rings. The van der Waals surface area contributed by atoms with E-state index < -0.39 is 0 Å². The van der Waals surface area contributed by atoms with Crippen LogP contribution in [0.4, 0.5) is 0 Å². The number of rotatable bonds is 4. The molecule has 1 aliphatic carbocycles. The maximum Gasteiger partial charge on any atom is 0.127 e. The SMILES string of the molecule is COC1CCCC(Oc2c(C)cc(Br)cc2CN)C1. The van der Waals surface area contributed by atoms with Crippen molar-refractivity contribution >= 4 is 15.9 Å². The van der Waals surface area contributed by atoms with E-state index in [4.69, 9.17) is 15.2 Å². The average molecular weight is 328 g/mol. The molecule has 0 heterocycles. The number of ether oxygens (including phenoxy) is 2. The van der Waals surface area contributed by atoms with Crippen LogP contribution in [0.5, 0.6) is 5.75 Å². The standard InChI is InChI=1S/C15H22BrNO2/c1-10-6-12(16)7-11(9-17)15(10)19-14-5-3-4-13(8-14)18-2/h6-7,13-14H,3-5,8-9,17H2,1-2H3. The van der Waals surface area contributed by atoms with Crippen molar-refractivity contribution in [3.05, 3.63) is 27.7 Å². The molecule has 1 fully saturated rings. The van der Waals surface area contributed by atoms with Crippen LogP contribution < -0.4 is 10.5 Å². The second kappa shape index (κ2) is 6.73. The smallest absolute Gasteiger partial charge is 0.127 e. The van der Waals surface area contributed by atoms with Crippen LogP contribution in [0.1, 0.15) is 36.8 Å². The van der Waals surface area contributed by atoms with E-state index in [1.165, 1.54) is 0 Å². The van der Waals surface area contributed by atoms with Gasteiger partial charge in [0.2, 0.25) is 0 Å². The average Bonchev–Trinajstić information content (AvgIpc) is 2.41. The fraction of sp³-hybridized carbons (Fsp3) is 0.600. The first kappa shape index (κ1) is 14.8. The highest BCUT2D eigenvalue weighted by molar-refractivity contribution is 9.10. The third-order valence-electron chi connectivity index (χ3n) is 3.73. The Hall–Kier alpha value is -0.580. The second-order valence-corrected chi connectivity index (χ2v) is 6.09. The Morgan fingerprint density at radius 3 is 2.74 bits per heavy atom. The number of hydrogen-bond acceptors (Lipinski definition) is 3. The molecule has 0 spiro atoms. The molecule has 106 valence electrons. The zero-order chi connectivity index (χ0) is 13.8. The molecule has 1 aromatic carbocycles. The van der Waals surface area contributed by atoms with Gasteiger partial charge >= 0.3 is 0 Å². The summed E-state index contributed by atoms with van der Waals surface area (Å²) in [5.74, 6) is 0.951. The molecule has 2 N–H and O–H groups in total. The third kappa shape index (κ3) is 3.71. The molecule has 0 radical (unpaired) electrons. The highest BCUT2D eigenvalue weighted by Gasteiger charge is 2.24. The molecule has 4 heteroatoms. The molecular weight excluding hydrogens is 306 g/mol. The Morgan fingerprint density at radius 2 is 2.05 bits per heavy atom. The molecule has 1 saturated carbocycles. The van der Waals surface area contributed by atoms with Crippen molar-refractivity contribution in [1.29, 1.82) is 0 Å². The van der Waals surface area contributed by atoms with E-state index in [0.717, 1.165) is 47.0 Å². The maximum atomic E-state index is 6.21. The highest BCUT2D eigenvalue weighted by atomic mass is 79.9. The van der Waals surface area contributed by atoms with Gasteiger partial charge in [-0.15, -0.1) is 0 Å².